The molecule has 1 unspecified atom stereocenters. The molecule has 156 valence electrons. The molecule has 0 aliphatic rings. The second-order valence-electron chi connectivity index (χ2n) is 6.17. The quantitative estimate of drug-likeness (QED) is 0.166. The molecule has 0 aromatic heterocycles. The average Bonchev–Trinajstić information content (AvgIpc) is 2.67. The number of esters is 2. The zero-order valence-corrected chi connectivity index (χ0v) is 18.0. The molecule has 0 fully saturated rings. The standard InChI is InChI=1S/C12H20O2.C11H20O2/c1-3-5-7-9-11-14-12(13)10-8-6-4-2;1-4-6-7-8-9-13-11(12)10(3)5-2/h5,7-8,10H,3-4,6,9,11H2,1-2H3;6-7,10H,4-5,8-9H2,1-3H3. The van der Waals surface area contributed by atoms with Gasteiger partial charge in [-0.3, -0.25) is 4.79 Å². The van der Waals surface area contributed by atoms with Gasteiger partial charge in [0, 0.05) is 6.08 Å². The van der Waals surface area contributed by atoms with E-state index in [1.807, 2.05) is 32.1 Å². The molecule has 0 amide bonds. The number of ether oxygens (including phenoxy) is 2. The van der Waals surface area contributed by atoms with Crippen LogP contribution in [0.4, 0.5) is 0 Å². The van der Waals surface area contributed by atoms with Crippen molar-refractivity contribution in [1.29, 1.82) is 0 Å². The van der Waals surface area contributed by atoms with E-state index in [-0.39, 0.29) is 17.9 Å². The van der Waals surface area contributed by atoms with Crippen molar-refractivity contribution in [1.82, 2.24) is 0 Å². The fourth-order valence-corrected chi connectivity index (χ4v) is 1.73. The molecule has 0 aromatic rings. The first kappa shape index (κ1) is 27.4. The predicted molar refractivity (Wildman–Crippen MR) is 114 cm³/mol. The second kappa shape index (κ2) is 22.2. The van der Waals surface area contributed by atoms with Crippen molar-refractivity contribution >= 4 is 11.9 Å². The normalized spacial score (nSPS) is 12.2. The zero-order chi connectivity index (χ0) is 20.8. The van der Waals surface area contributed by atoms with E-state index < -0.39 is 0 Å². The zero-order valence-electron chi connectivity index (χ0n) is 18.0. The molecule has 0 heterocycles. The van der Waals surface area contributed by atoms with E-state index in [4.69, 9.17) is 9.47 Å². The topological polar surface area (TPSA) is 52.6 Å². The number of rotatable bonds is 13. The third kappa shape index (κ3) is 22.1. The third-order valence-corrected chi connectivity index (χ3v) is 3.59. The summed E-state index contributed by atoms with van der Waals surface area (Å²) < 4.78 is 10.0. The minimum Gasteiger partial charge on any atom is -0.465 e. The summed E-state index contributed by atoms with van der Waals surface area (Å²) in [6.07, 6.45) is 18.1. The van der Waals surface area contributed by atoms with Gasteiger partial charge < -0.3 is 9.47 Å². The lowest BCUT2D eigenvalue weighted by molar-refractivity contribution is -0.147. The Morgan fingerprint density at radius 1 is 0.778 bits per heavy atom. The molecule has 1 atom stereocenters. The highest BCUT2D eigenvalue weighted by molar-refractivity contribution is 5.81. The van der Waals surface area contributed by atoms with Crippen molar-refractivity contribution in [3.63, 3.8) is 0 Å². The highest BCUT2D eigenvalue weighted by atomic mass is 16.5. The van der Waals surface area contributed by atoms with Gasteiger partial charge in [0.15, 0.2) is 0 Å². The van der Waals surface area contributed by atoms with Crippen LogP contribution in [0.5, 0.6) is 0 Å². The first-order valence-electron chi connectivity index (χ1n) is 10.3. The van der Waals surface area contributed by atoms with Gasteiger partial charge in [-0.25, -0.2) is 4.79 Å². The van der Waals surface area contributed by atoms with E-state index in [9.17, 15) is 9.59 Å². The molecule has 4 heteroatoms. The average molecular weight is 381 g/mol. The van der Waals surface area contributed by atoms with Crippen LogP contribution in [0.2, 0.25) is 0 Å². The molecule has 0 spiro atoms. The minimum atomic E-state index is -0.233. The van der Waals surface area contributed by atoms with E-state index in [2.05, 4.69) is 32.9 Å². The Morgan fingerprint density at radius 3 is 1.81 bits per heavy atom. The Hall–Kier alpha value is -1.84. The Labute approximate surface area is 166 Å². The summed E-state index contributed by atoms with van der Waals surface area (Å²) in [5.41, 5.74) is 0. The minimum absolute atomic E-state index is 0.0372. The maximum atomic E-state index is 11.2. The fourth-order valence-electron chi connectivity index (χ4n) is 1.73. The first-order chi connectivity index (χ1) is 13.0. The van der Waals surface area contributed by atoms with Crippen molar-refractivity contribution in [3.05, 3.63) is 36.5 Å². The SMILES string of the molecule is CCC=CCCOC(=O)C(C)CC.CCC=CCCOC(=O)C=CCCC. The number of hydrogen-bond acceptors (Lipinski definition) is 4. The van der Waals surface area contributed by atoms with E-state index >= 15 is 0 Å². The van der Waals surface area contributed by atoms with Crippen LogP contribution < -0.4 is 0 Å². The number of carbonyl (C=O) groups is 2. The third-order valence-electron chi connectivity index (χ3n) is 3.59. The summed E-state index contributed by atoms with van der Waals surface area (Å²) in [5.74, 6) is -0.272. The monoisotopic (exact) mass is 380 g/mol. The van der Waals surface area contributed by atoms with Gasteiger partial charge in [-0.2, -0.15) is 0 Å². The Bertz CT molecular complexity index is 436. The van der Waals surface area contributed by atoms with Gasteiger partial charge in [0.2, 0.25) is 0 Å². The molecular formula is C23H40O4. The van der Waals surface area contributed by atoms with Gasteiger partial charge in [0.05, 0.1) is 19.1 Å². The van der Waals surface area contributed by atoms with Gasteiger partial charge in [0.1, 0.15) is 0 Å². The molecule has 4 nitrogen and oxygen atoms in total. The first-order valence-corrected chi connectivity index (χ1v) is 10.3. The Kier molecular flexibility index (Phi) is 22.5. The van der Waals surface area contributed by atoms with E-state index in [1.54, 1.807) is 0 Å². The van der Waals surface area contributed by atoms with Crippen LogP contribution in [0.1, 0.15) is 79.6 Å². The maximum Gasteiger partial charge on any atom is 0.330 e. The van der Waals surface area contributed by atoms with Crippen molar-refractivity contribution in [2.75, 3.05) is 13.2 Å². The van der Waals surface area contributed by atoms with Crippen LogP contribution in [-0.2, 0) is 19.1 Å². The molecule has 0 aliphatic heterocycles. The van der Waals surface area contributed by atoms with Crippen LogP contribution in [0.3, 0.4) is 0 Å². The van der Waals surface area contributed by atoms with Crippen molar-refractivity contribution < 1.29 is 19.1 Å². The number of carbonyl (C=O) groups excluding carboxylic acids is 2. The lowest BCUT2D eigenvalue weighted by Gasteiger charge is -2.07. The van der Waals surface area contributed by atoms with Gasteiger partial charge in [0.25, 0.3) is 0 Å². The van der Waals surface area contributed by atoms with Gasteiger partial charge in [-0.1, -0.05) is 71.4 Å². The van der Waals surface area contributed by atoms with Crippen LogP contribution in [0.25, 0.3) is 0 Å². The van der Waals surface area contributed by atoms with Crippen molar-refractivity contribution in [2.45, 2.75) is 79.6 Å². The largest absolute Gasteiger partial charge is 0.465 e. The van der Waals surface area contributed by atoms with Crippen LogP contribution in [0, 0.1) is 5.92 Å². The fraction of sp³-hybridized carbons (Fsp3) is 0.652. The molecule has 0 N–H and O–H groups in total. The molecular weight excluding hydrogens is 340 g/mol. The second-order valence-corrected chi connectivity index (χ2v) is 6.17. The Balaban J connectivity index is 0. The van der Waals surface area contributed by atoms with E-state index in [0.717, 1.165) is 44.9 Å². The van der Waals surface area contributed by atoms with Gasteiger partial charge in [-0.15, -0.1) is 0 Å². The molecule has 0 saturated carbocycles. The summed E-state index contributed by atoms with van der Waals surface area (Å²) >= 11 is 0. The Morgan fingerprint density at radius 2 is 1.33 bits per heavy atom. The van der Waals surface area contributed by atoms with E-state index in [1.165, 1.54) is 6.08 Å². The molecule has 0 rings (SSSR count). The maximum absolute atomic E-state index is 11.2. The molecule has 0 bridgehead atoms. The summed E-state index contributed by atoms with van der Waals surface area (Å²) in [6, 6.07) is 0. The van der Waals surface area contributed by atoms with Crippen molar-refractivity contribution in [2.24, 2.45) is 5.92 Å². The van der Waals surface area contributed by atoms with Gasteiger partial charge in [-0.05, 0) is 38.5 Å². The van der Waals surface area contributed by atoms with Crippen LogP contribution in [0.15, 0.2) is 36.5 Å². The smallest absolute Gasteiger partial charge is 0.330 e. The number of allylic oxidation sites excluding steroid dienone is 3. The highest BCUT2D eigenvalue weighted by Crippen LogP contribution is 2.03. The summed E-state index contributed by atoms with van der Waals surface area (Å²) in [7, 11) is 0. The lowest BCUT2D eigenvalue weighted by Crippen LogP contribution is -2.14. The highest BCUT2D eigenvalue weighted by Gasteiger charge is 2.10. The molecule has 0 aromatic carbocycles. The van der Waals surface area contributed by atoms with Gasteiger partial charge >= 0.3 is 11.9 Å². The van der Waals surface area contributed by atoms with E-state index in [0.29, 0.717) is 13.2 Å². The molecule has 0 saturated heterocycles. The summed E-state index contributed by atoms with van der Waals surface area (Å²) in [4.78, 5) is 22.2. The number of unbranched alkanes of at least 4 members (excludes halogenated alkanes) is 1. The molecule has 0 radical (unpaired) electrons. The summed E-state index contributed by atoms with van der Waals surface area (Å²) in [6.45, 7) is 11.1. The predicted octanol–water partition coefficient (Wildman–Crippen LogP) is 6.17. The van der Waals surface area contributed by atoms with Crippen molar-refractivity contribution in [3.8, 4) is 0 Å². The summed E-state index contributed by atoms with van der Waals surface area (Å²) in [5, 5.41) is 0. The lowest BCUT2D eigenvalue weighted by atomic mass is 10.1. The molecule has 0 aliphatic carbocycles. The van der Waals surface area contributed by atoms with Crippen LogP contribution >= 0.6 is 0 Å². The van der Waals surface area contributed by atoms with Crippen LogP contribution in [-0.4, -0.2) is 25.2 Å². The number of hydrogen-bond donors (Lipinski definition) is 0. The molecule has 27 heavy (non-hydrogen) atoms.